The minimum absolute atomic E-state index is 0.00146. The molecule has 0 bridgehead atoms. The molecule has 0 saturated heterocycles. The summed E-state index contributed by atoms with van der Waals surface area (Å²) >= 11 is 0. The maximum absolute atomic E-state index is 13.4. The zero-order valence-electron chi connectivity index (χ0n) is 16.9. The van der Waals surface area contributed by atoms with E-state index in [2.05, 4.69) is 5.32 Å². The second-order valence-corrected chi connectivity index (χ2v) is 8.28. The van der Waals surface area contributed by atoms with Crippen molar-refractivity contribution in [1.82, 2.24) is 0 Å². The van der Waals surface area contributed by atoms with Gasteiger partial charge in [0.15, 0.2) is 0 Å². The van der Waals surface area contributed by atoms with Crippen molar-refractivity contribution in [3.8, 4) is 11.5 Å². The molecule has 3 aromatic rings. The van der Waals surface area contributed by atoms with Gasteiger partial charge in [-0.2, -0.15) is 0 Å². The van der Waals surface area contributed by atoms with Crippen LogP contribution in [-0.2, 0) is 14.8 Å². The van der Waals surface area contributed by atoms with Crippen LogP contribution in [0.1, 0.15) is 0 Å². The number of methoxy groups -OCH3 is 2. The number of nitrogens with one attached hydrogen (secondary N) is 1. The Hall–Kier alpha value is -3.59. The van der Waals surface area contributed by atoms with Gasteiger partial charge < -0.3 is 14.8 Å². The number of amides is 1. The molecule has 3 rings (SSSR count). The zero-order chi connectivity index (χ0) is 22.4. The summed E-state index contributed by atoms with van der Waals surface area (Å²) in [5.41, 5.74) is 0.333. The Morgan fingerprint density at radius 2 is 1.71 bits per heavy atom. The number of halogens is 1. The number of ether oxygens (including phenoxy) is 2. The Labute approximate surface area is 180 Å². The lowest BCUT2D eigenvalue weighted by Crippen LogP contribution is -2.38. The van der Waals surface area contributed by atoms with Crippen LogP contribution in [-0.4, -0.2) is 35.1 Å². The van der Waals surface area contributed by atoms with Gasteiger partial charge >= 0.3 is 0 Å². The Morgan fingerprint density at radius 1 is 0.968 bits per heavy atom. The summed E-state index contributed by atoms with van der Waals surface area (Å²) in [4.78, 5) is 12.7. The van der Waals surface area contributed by atoms with Crippen LogP contribution in [0.15, 0.2) is 77.7 Å². The topological polar surface area (TPSA) is 84.9 Å². The van der Waals surface area contributed by atoms with Crippen LogP contribution in [0.2, 0.25) is 0 Å². The van der Waals surface area contributed by atoms with Crippen LogP contribution in [0.4, 0.5) is 15.8 Å². The molecule has 0 heterocycles. The van der Waals surface area contributed by atoms with Gasteiger partial charge in [0.1, 0.15) is 23.9 Å². The number of carbonyl (C=O) groups is 1. The molecule has 0 radical (unpaired) electrons. The molecule has 1 N–H and O–H groups in total. The number of benzene rings is 3. The highest BCUT2D eigenvalue weighted by Crippen LogP contribution is 2.35. The van der Waals surface area contributed by atoms with Gasteiger partial charge in [0, 0.05) is 11.8 Å². The Bertz CT molecular complexity index is 1170. The van der Waals surface area contributed by atoms with E-state index in [1.807, 2.05) is 0 Å². The average molecular weight is 444 g/mol. The molecule has 0 aliphatic heterocycles. The molecular weight excluding hydrogens is 423 g/mol. The molecule has 162 valence electrons. The molecule has 3 aromatic carbocycles. The van der Waals surface area contributed by atoms with Crippen molar-refractivity contribution in [2.24, 2.45) is 0 Å². The van der Waals surface area contributed by atoms with Crippen LogP contribution in [0.25, 0.3) is 0 Å². The zero-order valence-corrected chi connectivity index (χ0v) is 17.7. The Morgan fingerprint density at radius 3 is 2.35 bits per heavy atom. The third-order valence-corrected chi connectivity index (χ3v) is 6.16. The summed E-state index contributed by atoms with van der Waals surface area (Å²) in [6, 6.07) is 17.7. The fourth-order valence-corrected chi connectivity index (χ4v) is 4.35. The first-order valence-corrected chi connectivity index (χ1v) is 10.6. The van der Waals surface area contributed by atoms with Gasteiger partial charge in [-0.05, 0) is 42.5 Å². The number of anilines is 2. The molecule has 0 unspecified atom stereocenters. The molecular formula is C22H21FN2O5S. The SMILES string of the molecule is COc1ccc(OC)c(N(CC(=O)Nc2cccc(F)c2)S(=O)(=O)c2ccccc2)c1. The van der Waals surface area contributed by atoms with E-state index >= 15 is 0 Å². The molecule has 0 aliphatic rings. The molecule has 0 saturated carbocycles. The predicted molar refractivity (Wildman–Crippen MR) is 116 cm³/mol. The van der Waals surface area contributed by atoms with Crippen molar-refractivity contribution in [2.75, 3.05) is 30.4 Å². The van der Waals surface area contributed by atoms with Gasteiger partial charge in [-0.25, -0.2) is 12.8 Å². The highest BCUT2D eigenvalue weighted by Gasteiger charge is 2.30. The first kappa shape index (κ1) is 22.1. The standard InChI is InChI=1S/C22H21FN2O5S/c1-29-18-11-12-21(30-2)20(14-18)25(31(27,28)19-9-4-3-5-10-19)15-22(26)24-17-8-6-7-16(23)13-17/h3-14H,15H2,1-2H3,(H,24,26). The van der Waals surface area contributed by atoms with Crippen LogP contribution in [0.5, 0.6) is 11.5 Å². The number of hydrogen-bond acceptors (Lipinski definition) is 5. The monoisotopic (exact) mass is 444 g/mol. The third-order valence-electron chi connectivity index (χ3n) is 4.38. The quantitative estimate of drug-likeness (QED) is 0.573. The summed E-state index contributed by atoms with van der Waals surface area (Å²) in [5.74, 6) is -0.565. The van der Waals surface area contributed by atoms with Crippen molar-refractivity contribution < 1.29 is 27.1 Å². The van der Waals surface area contributed by atoms with Gasteiger partial charge in [-0.1, -0.05) is 24.3 Å². The first-order chi connectivity index (χ1) is 14.8. The fourth-order valence-electron chi connectivity index (χ4n) is 2.91. The minimum atomic E-state index is -4.14. The Kier molecular flexibility index (Phi) is 6.76. The van der Waals surface area contributed by atoms with Gasteiger partial charge in [0.25, 0.3) is 10.0 Å². The van der Waals surface area contributed by atoms with E-state index in [-0.39, 0.29) is 22.0 Å². The number of hydrogen-bond donors (Lipinski definition) is 1. The van der Waals surface area contributed by atoms with Gasteiger partial charge in [-0.3, -0.25) is 9.10 Å². The number of sulfonamides is 1. The van der Waals surface area contributed by atoms with Crippen molar-refractivity contribution in [3.05, 3.63) is 78.6 Å². The smallest absolute Gasteiger partial charge is 0.264 e. The van der Waals surface area contributed by atoms with E-state index in [0.29, 0.717) is 5.75 Å². The molecule has 0 aromatic heterocycles. The molecule has 7 nitrogen and oxygen atoms in total. The fraction of sp³-hybridized carbons (Fsp3) is 0.136. The van der Waals surface area contributed by atoms with Crippen LogP contribution >= 0.6 is 0 Å². The summed E-state index contributed by atoms with van der Waals surface area (Å²) in [7, 11) is -1.31. The van der Waals surface area contributed by atoms with E-state index < -0.39 is 28.3 Å². The molecule has 0 atom stereocenters. The lowest BCUT2D eigenvalue weighted by Gasteiger charge is -2.26. The molecule has 31 heavy (non-hydrogen) atoms. The summed E-state index contributed by atoms with van der Waals surface area (Å²) in [6.45, 7) is -0.572. The van der Waals surface area contributed by atoms with Gasteiger partial charge in [-0.15, -0.1) is 0 Å². The summed E-state index contributed by atoms with van der Waals surface area (Å²) in [6.07, 6.45) is 0. The van der Waals surface area contributed by atoms with Crippen LogP contribution in [0, 0.1) is 5.82 Å². The molecule has 9 heteroatoms. The third kappa shape index (κ3) is 5.13. The molecule has 1 amide bonds. The van der Waals surface area contributed by atoms with E-state index in [1.54, 1.807) is 30.3 Å². The van der Waals surface area contributed by atoms with E-state index in [4.69, 9.17) is 9.47 Å². The van der Waals surface area contributed by atoms with E-state index in [1.165, 1.54) is 50.6 Å². The highest BCUT2D eigenvalue weighted by atomic mass is 32.2. The van der Waals surface area contributed by atoms with Crippen molar-refractivity contribution in [1.29, 1.82) is 0 Å². The van der Waals surface area contributed by atoms with Gasteiger partial charge in [0.2, 0.25) is 5.91 Å². The molecule has 0 fully saturated rings. The van der Waals surface area contributed by atoms with Crippen molar-refractivity contribution in [3.63, 3.8) is 0 Å². The summed E-state index contributed by atoms with van der Waals surface area (Å²) < 4.78 is 51.8. The van der Waals surface area contributed by atoms with E-state index in [9.17, 15) is 17.6 Å². The maximum Gasteiger partial charge on any atom is 0.264 e. The summed E-state index contributed by atoms with van der Waals surface area (Å²) in [5, 5.41) is 2.52. The van der Waals surface area contributed by atoms with Crippen molar-refractivity contribution >= 4 is 27.3 Å². The molecule has 0 spiro atoms. The second-order valence-electron chi connectivity index (χ2n) is 6.42. The molecule has 0 aliphatic carbocycles. The average Bonchev–Trinajstić information content (AvgIpc) is 2.77. The lowest BCUT2D eigenvalue weighted by molar-refractivity contribution is -0.114. The number of rotatable bonds is 8. The Balaban J connectivity index is 2.04. The van der Waals surface area contributed by atoms with E-state index in [0.717, 1.165) is 10.4 Å². The largest absolute Gasteiger partial charge is 0.497 e. The minimum Gasteiger partial charge on any atom is -0.497 e. The first-order valence-electron chi connectivity index (χ1n) is 9.20. The number of carbonyl (C=O) groups excluding carboxylic acids is 1. The van der Waals surface area contributed by atoms with Crippen LogP contribution in [0.3, 0.4) is 0 Å². The van der Waals surface area contributed by atoms with Crippen molar-refractivity contribution in [2.45, 2.75) is 4.90 Å². The van der Waals surface area contributed by atoms with Gasteiger partial charge in [0.05, 0.1) is 24.8 Å². The van der Waals surface area contributed by atoms with Crippen LogP contribution < -0.4 is 19.1 Å². The second kappa shape index (κ2) is 9.48. The maximum atomic E-state index is 13.4. The normalized spacial score (nSPS) is 10.9. The predicted octanol–water partition coefficient (Wildman–Crippen LogP) is 3.68. The lowest BCUT2D eigenvalue weighted by atomic mass is 10.2. The highest BCUT2D eigenvalue weighted by molar-refractivity contribution is 7.92. The number of nitrogens with zero attached hydrogens (tertiary/aromatic N) is 1.